The molecule has 94 heavy (non-hydrogen) atoms. The Labute approximate surface area is 578 Å². The summed E-state index contributed by atoms with van der Waals surface area (Å²) in [6.07, 6.45) is 111. The van der Waals surface area contributed by atoms with E-state index >= 15 is 0 Å². The van der Waals surface area contributed by atoms with Gasteiger partial charge in [-0.25, -0.2) is 0 Å². The highest BCUT2D eigenvalue weighted by atomic mass is 31.2. The van der Waals surface area contributed by atoms with Gasteiger partial charge in [0.1, 0.15) is 19.8 Å². The number of ether oxygens (including phenoxy) is 2. The van der Waals surface area contributed by atoms with Gasteiger partial charge in [0.15, 0.2) is 6.10 Å². The number of carbonyl (C=O) groups excluding carboxylic acids is 2. The predicted molar refractivity (Wildman–Crippen MR) is 406 cm³/mol. The van der Waals surface area contributed by atoms with Crippen LogP contribution in [0.4, 0.5) is 0 Å². The Morgan fingerprint density at radius 2 is 0.574 bits per heavy atom. The van der Waals surface area contributed by atoms with Crippen LogP contribution in [0.1, 0.15) is 284 Å². The number of carbonyl (C=O) groups is 2. The molecule has 0 saturated heterocycles. The Hall–Kier alpha value is -4.89. The van der Waals surface area contributed by atoms with Crippen LogP contribution in [0.5, 0.6) is 0 Å². The highest BCUT2D eigenvalue weighted by Crippen LogP contribution is 2.38. The summed E-state index contributed by atoms with van der Waals surface area (Å²) in [7, 11) is 1.15. The number of nitrogens with zero attached hydrogens (tertiary/aromatic N) is 1. The molecule has 0 fully saturated rings. The van der Waals surface area contributed by atoms with Gasteiger partial charge in [-0.2, -0.15) is 0 Å². The molecule has 532 valence electrons. The van der Waals surface area contributed by atoms with Crippen molar-refractivity contribution < 1.29 is 42.1 Å². The van der Waals surface area contributed by atoms with E-state index in [9.17, 15) is 19.0 Å². The molecule has 0 saturated carbocycles. The lowest BCUT2D eigenvalue weighted by molar-refractivity contribution is -0.870. The number of rotatable bonds is 67. The van der Waals surface area contributed by atoms with E-state index in [2.05, 4.69) is 196 Å². The van der Waals surface area contributed by atoms with E-state index < -0.39 is 32.5 Å². The van der Waals surface area contributed by atoms with Crippen LogP contribution < -0.4 is 4.89 Å². The third kappa shape index (κ3) is 76.1. The number of esters is 2. The van der Waals surface area contributed by atoms with E-state index in [1.165, 1.54) is 96.3 Å². The summed E-state index contributed by atoms with van der Waals surface area (Å²) in [6, 6.07) is 0. The van der Waals surface area contributed by atoms with E-state index in [4.69, 9.17) is 18.5 Å². The highest BCUT2D eigenvalue weighted by molar-refractivity contribution is 7.45. The maximum atomic E-state index is 12.9. The van der Waals surface area contributed by atoms with Crippen molar-refractivity contribution in [2.45, 2.75) is 290 Å². The fourth-order valence-electron chi connectivity index (χ4n) is 9.77. The van der Waals surface area contributed by atoms with Crippen LogP contribution in [0.3, 0.4) is 0 Å². The van der Waals surface area contributed by atoms with Crippen LogP contribution in [-0.2, 0) is 32.7 Å². The Morgan fingerprint density at radius 1 is 0.330 bits per heavy atom. The second kappa shape index (κ2) is 72.4. The molecule has 0 aromatic heterocycles. The van der Waals surface area contributed by atoms with E-state index in [1.54, 1.807) is 0 Å². The maximum absolute atomic E-state index is 12.9. The number of likely N-dealkylation sites (N-methyl/N-ethyl adjacent to an activating group) is 1. The molecular formula is C84H138NO8P. The van der Waals surface area contributed by atoms with Crippen LogP contribution >= 0.6 is 7.82 Å². The second-order valence-electron chi connectivity index (χ2n) is 25.5. The SMILES string of the molecule is CC/C=C\C/C=C\C/C=C\C/C=C\C/C=C\C/C=C\C/C=C\C/C=C\CCCCCCCCCCCCCCC(=O)OC(COC(=O)CCCCCCCCCCCCC/C=C\C/C=C\C/C=C\C/C=C\C/C=C\C/C=C\C/C=C\CC)COP(=O)([O-])OCC[N+](C)(C)C. The van der Waals surface area contributed by atoms with Gasteiger partial charge in [0, 0.05) is 12.8 Å². The highest BCUT2D eigenvalue weighted by Gasteiger charge is 2.22. The molecule has 0 bridgehead atoms. The summed E-state index contributed by atoms with van der Waals surface area (Å²) in [6.45, 7) is 4.00. The standard InChI is InChI=1S/C84H138NO8P/c1-6-8-10-12-14-16-18-20-22-24-26-28-30-32-34-36-38-40-41-42-43-45-47-49-51-53-55-57-59-61-63-65-67-69-71-73-75-77-84(87)93-82(81-92-94(88,89)91-79-78-85(3,4)5)80-90-83(86)76-74-72-70-68-66-64-62-60-58-56-54-52-50-48-46-44-39-37-35-33-31-29-27-25-23-21-19-17-15-13-11-9-7-2/h8-11,14-17,20-23,26-29,32-35,38-40,42-44,47-50,82H,6-7,12-13,18-19,24-25,30-31,36-37,41,45-46,51-81H2,1-5H3/b10-8-,11-9-,16-14-,17-15-,22-20-,23-21-,28-26-,29-27-,34-32-,35-33-,40-38-,43-42-,44-39-,49-47-,50-48-. The van der Waals surface area contributed by atoms with E-state index in [0.717, 1.165) is 154 Å². The lowest BCUT2D eigenvalue weighted by Crippen LogP contribution is -2.37. The molecule has 0 heterocycles. The van der Waals surface area contributed by atoms with Crippen LogP contribution in [0.25, 0.3) is 0 Å². The van der Waals surface area contributed by atoms with Gasteiger partial charge in [0.25, 0.3) is 7.82 Å². The molecule has 9 nitrogen and oxygen atoms in total. The first-order chi connectivity index (χ1) is 46.0. The smallest absolute Gasteiger partial charge is 0.306 e. The summed E-state index contributed by atoms with van der Waals surface area (Å²) in [5.74, 6) is -0.845. The van der Waals surface area contributed by atoms with Crippen molar-refractivity contribution in [3.05, 3.63) is 182 Å². The third-order valence-electron chi connectivity index (χ3n) is 15.4. The fourth-order valence-corrected chi connectivity index (χ4v) is 10.5. The molecule has 2 unspecified atom stereocenters. The lowest BCUT2D eigenvalue weighted by Gasteiger charge is -2.28. The molecule has 0 aliphatic carbocycles. The van der Waals surface area contributed by atoms with Gasteiger partial charge >= 0.3 is 11.9 Å². The number of hydrogen-bond acceptors (Lipinski definition) is 8. The summed E-state index contributed by atoms with van der Waals surface area (Å²) in [5, 5.41) is 0. The van der Waals surface area contributed by atoms with Crippen molar-refractivity contribution in [2.75, 3.05) is 47.5 Å². The zero-order chi connectivity index (χ0) is 68.3. The van der Waals surface area contributed by atoms with E-state index in [0.29, 0.717) is 17.4 Å². The van der Waals surface area contributed by atoms with Gasteiger partial charge in [0.2, 0.25) is 0 Å². The molecule has 10 heteroatoms. The van der Waals surface area contributed by atoms with Gasteiger partial charge in [-0.05, 0) is 135 Å². The first-order valence-corrected chi connectivity index (χ1v) is 39.0. The number of phosphoric ester groups is 1. The first-order valence-electron chi connectivity index (χ1n) is 37.5. The monoisotopic (exact) mass is 1320 g/mol. The molecule has 0 aliphatic rings. The van der Waals surface area contributed by atoms with Gasteiger partial charge < -0.3 is 27.9 Å². The molecular weight excluding hydrogens is 1180 g/mol. The predicted octanol–water partition coefficient (Wildman–Crippen LogP) is 24.4. The summed E-state index contributed by atoms with van der Waals surface area (Å²) >= 11 is 0. The maximum Gasteiger partial charge on any atom is 0.306 e. The third-order valence-corrected chi connectivity index (χ3v) is 16.4. The number of allylic oxidation sites excluding steroid dienone is 30. The van der Waals surface area contributed by atoms with Gasteiger partial charge in [-0.3, -0.25) is 14.2 Å². The van der Waals surface area contributed by atoms with E-state index in [-0.39, 0.29) is 26.1 Å². The minimum Gasteiger partial charge on any atom is -0.756 e. The zero-order valence-electron chi connectivity index (χ0n) is 60.6. The van der Waals surface area contributed by atoms with Crippen LogP contribution in [-0.4, -0.2) is 70.0 Å². The molecule has 0 aromatic rings. The van der Waals surface area contributed by atoms with Crippen LogP contribution in [0, 0.1) is 0 Å². The average molecular weight is 1320 g/mol. The average Bonchev–Trinajstić information content (AvgIpc) is 1.56. The molecule has 0 aliphatic heterocycles. The minimum atomic E-state index is -4.66. The largest absolute Gasteiger partial charge is 0.756 e. The second-order valence-corrected chi connectivity index (χ2v) is 27.0. The molecule has 0 N–H and O–H groups in total. The van der Waals surface area contributed by atoms with Crippen molar-refractivity contribution in [1.29, 1.82) is 0 Å². The van der Waals surface area contributed by atoms with E-state index in [1.807, 2.05) is 21.1 Å². The first kappa shape index (κ1) is 89.1. The number of unbranched alkanes of at least 4 members (excludes halogenated alkanes) is 23. The van der Waals surface area contributed by atoms with Gasteiger partial charge in [0.05, 0.1) is 27.7 Å². The minimum absolute atomic E-state index is 0.0399. The molecule has 0 spiro atoms. The van der Waals surface area contributed by atoms with Gasteiger partial charge in [-0.15, -0.1) is 0 Å². The molecule has 0 aromatic carbocycles. The Morgan fingerprint density at radius 3 is 0.851 bits per heavy atom. The number of quaternary nitrogens is 1. The topological polar surface area (TPSA) is 111 Å². The Bertz CT molecular complexity index is 2240. The van der Waals surface area contributed by atoms with Crippen LogP contribution in [0.2, 0.25) is 0 Å². The lowest BCUT2D eigenvalue weighted by atomic mass is 10.0. The van der Waals surface area contributed by atoms with Crippen molar-refractivity contribution in [2.24, 2.45) is 0 Å². The normalized spacial score (nSPS) is 14.1. The fraction of sp³-hybridized carbons (Fsp3) is 0.619. The Balaban J connectivity index is 4.09. The van der Waals surface area contributed by atoms with Gasteiger partial charge in [-0.1, -0.05) is 318 Å². The summed E-state index contributed by atoms with van der Waals surface area (Å²) in [4.78, 5) is 38.2. The zero-order valence-corrected chi connectivity index (χ0v) is 61.5. The number of hydrogen-bond donors (Lipinski definition) is 0. The molecule has 0 radical (unpaired) electrons. The summed E-state index contributed by atoms with van der Waals surface area (Å²) in [5.41, 5.74) is 0. The number of phosphoric acid groups is 1. The van der Waals surface area contributed by atoms with Crippen molar-refractivity contribution in [1.82, 2.24) is 0 Å². The molecule has 2 atom stereocenters. The van der Waals surface area contributed by atoms with Crippen LogP contribution in [0.15, 0.2) is 182 Å². The summed E-state index contributed by atoms with van der Waals surface area (Å²) < 4.78 is 34.4. The Kier molecular flexibility index (Phi) is 68.6. The molecule has 0 rings (SSSR count). The quantitative estimate of drug-likeness (QED) is 0.0195. The van der Waals surface area contributed by atoms with Crippen molar-refractivity contribution in [3.63, 3.8) is 0 Å². The van der Waals surface area contributed by atoms with Crippen molar-refractivity contribution in [3.8, 4) is 0 Å². The molecule has 0 amide bonds. The van der Waals surface area contributed by atoms with Crippen molar-refractivity contribution >= 4 is 19.8 Å².